The van der Waals surface area contributed by atoms with Gasteiger partial charge < -0.3 is 15.2 Å². The second-order valence-corrected chi connectivity index (χ2v) is 9.46. The number of carbonyl (C=O) groups is 2. The van der Waals surface area contributed by atoms with Crippen LogP contribution in [0.25, 0.3) is 0 Å². The average Bonchev–Trinajstić information content (AvgIpc) is 3.47. The van der Waals surface area contributed by atoms with E-state index in [0.717, 1.165) is 16.8 Å². The van der Waals surface area contributed by atoms with Crippen LogP contribution in [0.15, 0.2) is 72.8 Å². The number of hydrogen-bond acceptors (Lipinski definition) is 4. The maximum atomic E-state index is 12.4. The second kappa shape index (κ2) is 7.77. The van der Waals surface area contributed by atoms with Crippen LogP contribution in [0.5, 0.6) is 5.75 Å². The Kier molecular flexibility index (Phi) is 4.72. The molecule has 2 fully saturated rings. The highest BCUT2D eigenvalue weighted by molar-refractivity contribution is 5.95. The Balaban J connectivity index is 1.32. The summed E-state index contributed by atoms with van der Waals surface area (Å²) in [4.78, 5) is 24.3. The van der Waals surface area contributed by atoms with Crippen molar-refractivity contribution in [2.45, 2.75) is 31.2 Å². The van der Waals surface area contributed by atoms with Gasteiger partial charge in [0.05, 0.1) is 22.9 Å². The molecule has 0 saturated heterocycles. The maximum Gasteiger partial charge on any atom is 0.343 e. The van der Waals surface area contributed by atoms with E-state index in [0.29, 0.717) is 40.5 Å². The summed E-state index contributed by atoms with van der Waals surface area (Å²) in [6.45, 7) is 0. The van der Waals surface area contributed by atoms with Crippen molar-refractivity contribution in [1.29, 1.82) is 0 Å². The molecule has 2 N–H and O–H groups in total. The first-order valence-electron chi connectivity index (χ1n) is 11.6. The Morgan fingerprint density at radius 3 is 2.39 bits per heavy atom. The van der Waals surface area contributed by atoms with Gasteiger partial charge in [0, 0.05) is 0 Å². The first kappa shape index (κ1) is 20.0. The van der Waals surface area contributed by atoms with Gasteiger partial charge in [0.25, 0.3) is 0 Å². The fourth-order valence-electron chi connectivity index (χ4n) is 6.50. The zero-order chi connectivity index (χ0) is 22.5. The Morgan fingerprint density at radius 1 is 0.879 bits per heavy atom. The monoisotopic (exact) mass is 439 g/mol. The lowest BCUT2D eigenvalue weighted by Crippen LogP contribution is -2.36. The van der Waals surface area contributed by atoms with E-state index in [1.807, 2.05) is 48.5 Å². The summed E-state index contributed by atoms with van der Waals surface area (Å²) in [6.07, 6.45) is 3.69. The zero-order valence-electron chi connectivity index (χ0n) is 18.1. The third kappa shape index (κ3) is 3.30. The highest BCUT2D eigenvalue weighted by atomic mass is 16.5. The molecule has 3 aromatic carbocycles. The molecular weight excluding hydrogens is 414 g/mol. The van der Waals surface area contributed by atoms with Gasteiger partial charge in [0.2, 0.25) is 0 Å². The normalized spacial score (nSPS) is 26.7. The first-order valence-corrected chi connectivity index (χ1v) is 11.6. The molecule has 2 bridgehead atoms. The van der Waals surface area contributed by atoms with Gasteiger partial charge in [-0.2, -0.15) is 0 Å². The molecule has 0 unspecified atom stereocenters. The number of benzene rings is 3. The predicted molar refractivity (Wildman–Crippen MR) is 125 cm³/mol. The molecule has 33 heavy (non-hydrogen) atoms. The number of nitrogens with one attached hydrogen (secondary N) is 1. The minimum atomic E-state index is -0.900. The SMILES string of the molecule is O=C(Oc1ccc([C@@H]2Nc3c(C(=O)O)cccc3[C@H]3[C@H]4CC[C@@H](C4)[C@@H]32)cc1)c1ccccc1. The minimum absolute atomic E-state index is 0.0391. The Bertz CT molecular complexity index is 1220. The molecule has 3 aromatic rings. The lowest BCUT2D eigenvalue weighted by atomic mass is 9.67. The molecule has 0 amide bonds. The summed E-state index contributed by atoms with van der Waals surface area (Å²) in [5.41, 5.74) is 3.88. The van der Waals surface area contributed by atoms with Crippen molar-refractivity contribution in [2.75, 3.05) is 5.32 Å². The zero-order valence-corrected chi connectivity index (χ0v) is 18.1. The predicted octanol–water partition coefficient (Wildman–Crippen LogP) is 5.90. The van der Waals surface area contributed by atoms with Crippen LogP contribution in [-0.2, 0) is 0 Å². The summed E-state index contributed by atoms with van der Waals surface area (Å²) in [5.74, 6) is 1.32. The fourth-order valence-corrected chi connectivity index (χ4v) is 6.50. The molecule has 6 rings (SSSR count). The molecule has 2 saturated carbocycles. The first-order chi connectivity index (χ1) is 16.1. The van der Waals surface area contributed by atoms with E-state index in [1.165, 1.54) is 19.3 Å². The molecule has 2 aliphatic carbocycles. The van der Waals surface area contributed by atoms with Gasteiger partial charge in [0.1, 0.15) is 5.75 Å². The number of fused-ring (bicyclic) bond motifs is 7. The van der Waals surface area contributed by atoms with Gasteiger partial charge in [-0.25, -0.2) is 9.59 Å². The van der Waals surface area contributed by atoms with E-state index in [-0.39, 0.29) is 12.0 Å². The van der Waals surface area contributed by atoms with Gasteiger partial charge in [-0.05, 0) is 84.4 Å². The number of anilines is 1. The smallest absolute Gasteiger partial charge is 0.343 e. The summed E-state index contributed by atoms with van der Waals surface area (Å²) >= 11 is 0. The van der Waals surface area contributed by atoms with Crippen LogP contribution in [0.2, 0.25) is 0 Å². The Labute approximate surface area is 192 Å². The third-order valence-corrected chi connectivity index (χ3v) is 7.81. The summed E-state index contributed by atoms with van der Waals surface area (Å²) in [5, 5.41) is 13.4. The molecular formula is C28H25NO4. The average molecular weight is 440 g/mol. The van der Waals surface area contributed by atoms with Crippen LogP contribution in [0.1, 0.15) is 63.1 Å². The van der Waals surface area contributed by atoms with E-state index in [2.05, 4.69) is 11.4 Å². The molecule has 166 valence electrons. The van der Waals surface area contributed by atoms with Crippen LogP contribution in [0.3, 0.4) is 0 Å². The van der Waals surface area contributed by atoms with E-state index >= 15 is 0 Å². The summed E-state index contributed by atoms with van der Waals surface area (Å²) in [7, 11) is 0. The number of carboxylic acid groups (broad SMARTS) is 1. The molecule has 0 aromatic heterocycles. The van der Waals surface area contributed by atoms with Crippen LogP contribution in [-0.4, -0.2) is 17.0 Å². The second-order valence-electron chi connectivity index (χ2n) is 9.46. The minimum Gasteiger partial charge on any atom is -0.478 e. The van der Waals surface area contributed by atoms with Crippen molar-refractivity contribution in [3.05, 3.63) is 95.1 Å². The number of aromatic carboxylic acids is 1. The van der Waals surface area contributed by atoms with Crippen molar-refractivity contribution in [3.63, 3.8) is 0 Å². The standard InChI is InChI=1S/C28H25NO4/c30-27(31)22-8-4-7-21-23-18-9-10-19(15-18)24(23)25(29-26(21)22)16-11-13-20(14-12-16)33-28(32)17-5-2-1-3-6-17/h1-8,11-14,18-19,23-25,29H,9-10,15H2,(H,30,31)/t18-,19-,23+,24-,25-/m0/s1. The molecule has 5 atom stereocenters. The molecule has 5 heteroatoms. The van der Waals surface area contributed by atoms with Crippen molar-refractivity contribution >= 4 is 17.6 Å². The third-order valence-electron chi connectivity index (χ3n) is 7.81. The van der Waals surface area contributed by atoms with Crippen molar-refractivity contribution < 1.29 is 19.4 Å². The van der Waals surface area contributed by atoms with Gasteiger partial charge in [-0.15, -0.1) is 0 Å². The van der Waals surface area contributed by atoms with Gasteiger partial charge in [0.15, 0.2) is 0 Å². The highest BCUT2D eigenvalue weighted by Gasteiger charge is 2.54. The molecule has 1 aliphatic heterocycles. The lowest BCUT2D eigenvalue weighted by Gasteiger charge is -2.44. The number of carboxylic acids is 1. The van der Waals surface area contributed by atoms with Crippen molar-refractivity contribution in [3.8, 4) is 5.75 Å². The van der Waals surface area contributed by atoms with E-state index in [9.17, 15) is 14.7 Å². The number of carbonyl (C=O) groups excluding carboxylic acids is 1. The molecule has 0 radical (unpaired) electrons. The number of ether oxygens (including phenoxy) is 1. The highest BCUT2D eigenvalue weighted by Crippen LogP contribution is 2.64. The van der Waals surface area contributed by atoms with E-state index < -0.39 is 5.97 Å². The number of rotatable bonds is 4. The topological polar surface area (TPSA) is 75.6 Å². The molecule has 5 nitrogen and oxygen atoms in total. The summed E-state index contributed by atoms with van der Waals surface area (Å²) in [6, 6.07) is 22.3. The molecule has 0 spiro atoms. The fraction of sp³-hybridized carbons (Fsp3) is 0.286. The largest absolute Gasteiger partial charge is 0.478 e. The lowest BCUT2D eigenvalue weighted by molar-refractivity contribution is 0.0694. The number of esters is 1. The van der Waals surface area contributed by atoms with Crippen LogP contribution >= 0.6 is 0 Å². The summed E-state index contributed by atoms with van der Waals surface area (Å²) < 4.78 is 5.55. The number of hydrogen-bond donors (Lipinski definition) is 2. The number of para-hydroxylation sites is 1. The Morgan fingerprint density at radius 2 is 1.64 bits per heavy atom. The van der Waals surface area contributed by atoms with Crippen molar-refractivity contribution in [1.82, 2.24) is 0 Å². The van der Waals surface area contributed by atoms with Gasteiger partial charge >= 0.3 is 11.9 Å². The molecule has 1 heterocycles. The van der Waals surface area contributed by atoms with Crippen LogP contribution in [0, 0.1) is 17.8 Å². The van der Waals surface area contributed by atoms with E-state index in [1.54, 1.807) is 18.2 Å². The van der Waals surface area contributed by atoms with Crippen LogP contribution in [0.4, 0.5) is 5.69 Å². The van der Waals surface area contributed by atoms with Gasteiger partial charge in [-0.1, -0.05) is 42.5 Å². The van der Waals surface area contributed by atoms with E-state index in [4.69, 9.17) is 4.74 Å². The molecule has 3 aliphatic rings. The maximum absolute atomic E-state index is 12.4. The van der Waals surface area contributed by atoms with Crippen LogP contribution < -0.4 is 10.1 Å². The van der Waals surface area contributed by atoms with Gasteiger partial charge in [-0.3, -0.25) is 0 Å². The van der Waals surface area contributed by atoms with Crippen molar-refractivity contribution in [2.24, 2.45) is 17.8 Å². The Hall–Kier alpha value is -3.60. The quantitative estimate of drug-likeness (QED) is 0.391.